The van der Waals surface area contributed by atoms with Crippen molar-refractivity contribution in [2.75, 3.05) is 59.3 Å². The van der Waals surface area contributed by atoms with E-state index in [0.717, 1.165) is 91.5 Å². The Balaban J connectivity index is 1.34. The lowest BCUT2D eigenvalue weighted by Gasteiger charge is -2.33. The first-order chi connectivity index (χ1) is 18.1. The van der Waals surface area contributed by atoms with E-state index < -0.39 is 0 Å². The van der Waals surface area contributed by atoms with Crippen molar-refractivity contribution in [2.24, 2.45) is 0 Å². The molecule has 1 saturated heterocycles. The number of anilines is 4. The predicted molar refractivity (Wildman–Crippen MR) is 155 cm³/mol. The number of aromatic nitrogens is 4. The van der Waals surface area contributed by atoms with E-state index in [1.165, 1.54) is 0 Å². The summed E-state index contributed by atoms with van der Waals surface area (Å²) in [5.41, 5.74) is 1.98. The molecule has 0 unspecified atom stereocenters. The lowest BCUT2D eigenvalue weighted by molar-refractivity contribution is 0.518. The summed E-state index contributed by atoms with van der Waals surface area (Å²) in [6.45, 7) is 14.2. The second-order valence-corrected chi connectivity index (χ2v) is 9.50. The summed E-state index contributed by atoms with van der Waals surface area (Å²) in [4.78, 5) is 26.7. The van der Waals surface area contributed by atoms with E-state index in [4.69, 9.17) is 19.9 Å². The molecule has 4 aromatic rings. The van der Waals surface area contributed by atoms with Crippen LogP contribution in [-0.2, 0) is 0 Å². The van der Waals surface area contributed by atoms with Crippen molar-refractivity contribution in [3.63, 3.8) is 0 Å². The van der Waals surface area contributed by atoms with Gasteiger partial charge in [0, 0.05) is 56.1 Å². The molecule has 3 heterocycles. The van der Waals surface area contributed by atoms with Gasteiger partial charge in [-0.1, -0.05) is 24.3 Å². The molecule has 0 spiro atoms. The van der Waals surface area contributed by atoms with Crippen molar-refractivity contribution in [3.8, 4) is 0 Å². The summed E-state index contributed by atoms with van der Waals surface area (Å²) in [6, 6.07) is 16.9. The van der Waals surface area contributed by atoms with Gasteiger partial charge in [0.25, 0.3) is 0 Å². The van der Waals surface area contributed by atoms with Crippen LogP contribution < -0.4 is 20.0 Å². The fourth-order valence-corrected chi connectivity index (χ4v) is 5.25. The Morgan fingerprint density at radius 3 is 1.78 bits per heavy atom. The zero-order valence-corrected chi connectivity index (χ0v) is 22.5. The molecule has 1 aliphatic rings. The maximum atomic E-state index is 5.05. The molecule has 37 heavy (non-hydrogen) atoms. The van der Waals surface area contributed by atoms with Crippen molar-refractivity contribution >= 4 is 45.3 Å². The van der Waals surface area contributed by atoms with Crippen molar-refractivity contribution in [1.29, 1.82) is 0 Å². The Morgan fingerprint density at radius 2 is 1.22 bits per heavy atom. The quantitative estimate of drug-likeness (QED) is 0.331. The average molecular weight is 499 g/mol. The largest absolute Gasteiger partial charge is 0.356 e. The van der Waals surface area contributed by atoms with E-state index >= 15 is 0 Å². The van der Waals surface area contributed by atoms with Crippen LogP contribution in [0.3, 0.4) is 0 Å². The fraction of sp³-hybridized carbons (Fsp3) is 0.448. The molecular formula is C29H38N8. The van der Waals surface area contributed by atoms with Crippen LogP contribution in [0.5, 0.6) is 0 Å². The van der Waals surface area contributed by atoms with Crippen LogP contribution in [0.2, 0.25) is 0 Å². The van der Waals surface area contributed by atoms with Gasteiger partial charge in [-0.2, -0.15) is 9.97 Å². The topological polar surface area (TPSA) is 73.3 Å². The third-order valence-electron chi connectivity index (χ3n) is 7.39. The number of nitrogens with zero attached hydrogens (tertiary/aromatic N) is 7. The van der Waals surface area contributed by atoms with Gasteiger partial charge in [0.1, 0.15) is 11.6 Å². The van der Waals surface area contributed by atoms with Crippen LogP contribution in [0.15, 0.2) is 48.5 Å². The first kappa shape index (κ1) is 25.0. The molecule has 0 atom stereocenters. The summed E-state index contributed by atoms with van der Waals surface area (Å²) in [5.74, 6) is 3.57. The molecule has 8 nitrogen and oxygen atoms in total. The first-order valence-electron chi connectivity index (χ1n) is 13.7. The van der Waals surface area contributed by atoms with Crippen LogP contribution in [0.1, 0.15) is 40.5 Å². The van der Waals surface area contributed by atoms with Gasteiger partial charge in [-0.15, -0.1) is 0 Å². The van der Waals surface area contributed by atoms with Crippen molar-refractivity contribution in [2.45, 2.75) is 46.6 Å². The second kappa shape index (κ2) is 11.2. The van der Waals surface area contributed by atoms with Gasteiger partial charge in [0.15, 0.2) is 0 Å². The van der Waals surface area contributed by atoms with Crippen LogP contribution in [0.25, 0.3) is 21.8 Å². The third kappa shape index (κ3) is 5.10. The Labute approximate surface area is 219 Å². The van der Waals surface area contributed by atoms with Crippen LogP contribution in [0, 0.1) is 0 Å². The van der Waals surface area contributed by atoms with Gasteiger partial charge in [-0.25, -0.2) is 9.97 Å². The summed E-state index contributed by atoms with van der Waals surface area (Å²) >= 11 is 0. The molecular weight excluding hydrogens is 460 g/mol. The van der Waals surface area contributed by atoms with Gasteiger partial charge >= 0.3 is 0 Å². The monoisotopic (exact) mass is 498 g/mol. The normalized spacial score (nSPS) is 14.3. The molecule has 1 N–H and O–H groups in total. The van der Waals surface area contributed by atoms with Crippen LogP contribution >= 0.6 is 0 Å². The molecule has 2 aromatic carbocycles. The number of piperidine rings is 1. The minimum Gasteiger partial charge on any atom is -0.356 e. The number of hydrogen-bond acceptors (Lipinski definition) is 8. The highest BCUT2D eigenvalue weighted by Gasteiger charge is 2.24. The Morgan fingerprint density at radius 1 is 0.703 bits per heavy atom. The Hall–Kier alpha value is -3.68. The summed E-state index contributed by atoms with van der Waals surface area (Å²) in [7, 11) is 0. The number of para-hydroxylation sites is 2. The summed E-state index contributed by atoms with van der Waals surface area (Å²) in [5, 5.41) is 5.86. The van der Waals surface area contributed by atoms with E-state index in [-0.39, 0.29) is 0 Å². The van der Waals surface area contributed by atoms with E-state index in [0.29, 0.717) is 12.0 Å². The maximum Gasteiger partial charge on any atom is 0.227 e. The highest BCUT2D eigenvalue weighted by molar-refractivity contribution is 5.91. The van der Waals surface area contributed by atoms with Crippen LogP contribution in [0.4, 0.5) is 23.5 Å². The molecule has 0 bridgehead atoms. The van der Waals surface area contributed by atoms with Crippen molar-refractivity contribution in [1.82, 2.24) is 19.9 Å². The fourth-order valence-electron chi connectivity index (χ4n) is 5.25. The SMILES string of the molecule is CCN(CC)c1nc(NC2CCN(c3nc(N(CC)CC)c4ccccc4n3)CC2)nc2ccccc12. The highest BCUT2D eigenvalue weighted by atomic mass is 15.3. The molecule has 8 heteroatoms. The molecule has 1 aliphatic heterocycles. The number of benzene rings is 2. The molecule has 5 rings (SSSR count). The number of rotatable bonds is 9. The zero-order chi connectivity index (χ0) is 25.8. The van der Waals surface area contributed by atoms with Crippen molar-refractivity contribution < 1.29 is 0 Å². The number of hydrogen-bond donors (Lipinski definition) is 1. The average Bonchev–Trinajstić information content (AvgIpc) is 2.94. The molecule has 1 fully saturated rings. The smallest absolute Gasteiger partial charge is 0.227 e. The number of nitrogens with one attached hydrogen (secondary N) is 1. The van der Waals surface area contributed by atoms with Gasteiger partial charge < -0.3 is 20.0 Å². The van der Waals surface area contributed by atoms with Crippen molar-refractivity contribution in [3.05, 3.63) is 48.5 Å². The van der Waals surface area contributed by atoms with Gasteiger partial charge in [0.2, 0.25) is 11.9 Å². The lowest BCUT2D eigenvalue weighted by atomic mass is 10.1. The molecule has 2 aromatic heterocycles. The highest BCUT2D eigenvalue weighted by Crippen LogP contribution is 2.29. The first-order valence-corrected chi connectivity index (χ1v) is 13.7. The number of fused-ring (bicyclic) bond motifs is 2. The molecule has 194 valence electrons. The van der Waals surface area contributed by atoms with Gasteiger partial charge in [-0.3, -0.25) is 0 Å². The summed E-state index contributed by atoms with van der Waals surface area (Å²) < 4.78 is 0. The van der Waals surface area contributed by atoms with E-state index in [9.17, 15) is 0 Å². The minimum absolute atomic E-state index is 0.310. The molecule has 0 amide bonds. The van der Waals surface area contributed by atoms with E-state index in [1.807, 2.05) is 6.07 Å². The van der Waals surface area contributed by atoms with Crippen LogP contribution in [-0.4, -0.2) is 65.2 Å². The molecule has 0 aliphatic carbocycles. The van der Waals surface area contributed by atoms with Gasteiger partial charge in [-0.05, 0) is 64.8 Å². The van der Waals surface area contributed by atoms with E-state index in [1.54, 1.807) is 0 Å². The Bertz CT molecular complexity index is 1340. The second-order valence-electron chi connectivity index (χ2n) is 9.50. The van der Waals surface area contributed by atoms with E-state index in [2.05, 4.69) is 90.2 Å². The maximum absolute atomic E-state index is 5.05. The standard InChI is InChI=1S/C29H38N8/c1-5-35(6-2)26-22-13-9-11-15-24(22)31-28(33-26)30-21-17-19-37(20-18-21)29-32-25-16-12-10-14-23(25)27(34-29)36(7-3)8-4/h9-16,21H,5-8,17-20H2,1-4H3,(H,30,31,33). The van der Waals surface area contributed by atoms with Gasteiger partial charge in [0.05, 0.1) is 11.0 Å². The third-order valence-corrected chi connectivity index (χ3v) is 7.39. The lowest BCUT2D eigenvalue weighted by Crippen LogP contribution is -2.40. The zero-order valence-electron chi connectivity index (χ0n) is 22.5. The minimum atomic E-state index is 0.310. The predicted octanol–water partition coefficient (Wildman–Crippen LogP) is 5.35. The molecule has 0 saturated carbocycles. The Kier molecular flexibility index (Phi) is 7.53. The molecule has 0 radical (unpaired) electrons. The summed E-state index contributed by atoms with van der Waals surface area (Å²) in [6.07, 6.45) is 1.96.